The third-order valence-electron chi connectivity index (χ3n) is 5.74. The smallest absolute Gasteiger partial charge is 0.243 e. The van der Waals surface area contributed by atoms with Gasteiger partial charge in [-0.3, -0.25) is 9.58 Å². The molecule has 3 rings (SSSR count). The van der Waals surface area contributed by atoms with Crippen molar-refractivity contribution in [2.24, 2.45) is 7.05 Å². The van der Waals surface area contributed by atoms with Crippen LogP contribution in [-0.4, -0.2) is 53.6 Å². The van der Waals surface area contributed by atoms with Crippen LogP contribution in [0.1, 0.15) is 33.5 Å². The van der Waals surface area contributed by atoms with Gasteiger partial charge in [0.2, 0.25) is 10.0 Å². The molecular formula is C20H30N4O2S. The van der Waals surface area contributed by atoms with Gasteiger partial charge in [-0.25, -0.2) is 8.42 Å². The molecule has 1 aliphatic heterocycles. The van der Waals surface area contributed by atoms with Crippen LogP contribution in [0.3, 0.4) is 0 Å². The summed E-state index contributed by atoms with van der Waals surface area (Å²) in [5.41, 5.74) is 6.03. The normalized spacial score (nSPS) is 16.8. The number of aryl methyl sites for hydroxylation is 4. The van der Waals surface area contributed by atoms with Gasteiger partial charge in [-0.05, 0) is 56.9 Å². The molecule has 0 atom stereocenters. The molecule has 1 aromatic carbocycles. The van der Waals surface area contributed by atoms with E-state index in [-0.39, 0.29) is 0 Å². The summed E-state index contributed by atoms with van der Waals surface area (Å²) in [6.07, 6.45) is 2.04. The van der Waals surface area contributed by atoms with E-state index < -0.39 is 10.0 Å². The van der Waals surface area contributed by atoms with Crippen molar-refractivity contribution in [3.05, 3.63) is 45.8 Å². The van der Waals surface area contributed by atoms with Gasteiger partial charge in [0, 0.05) is 51.5 Å². The van der Waals surface area contributed by atoms with Crippen molar-refractivity contribution >= 4 is 10.0 Å². The molecule has 0 amide bonds. The Hall–Kier alpha value is -1.70. The van der Waals surface area contributed by atoms with Gasteiger partial charge in [0.05, 0.1) is 10.6 Å². The lowest BCUT2D eigenvalue weighted by atomic mass is 10.0. The van der Waals surface area contributed by atoms with Gasteiger partial charge >= 0.3 is 0 Å². The largest absolute Gasteiger partial charge is 0.296 e. The Morgan fingerprint density at radius 1 is 0.963 bits per heavy atom. The Morgan fingerprint density at radius 2 is 1.52 bits per heavy atom. The first-order valence-corrected chi connectivity index (χ1v) is 10.8. The molecule has 1 aliphatic rings. The van der Waals surface area contributed by atoms with Crippen molar-refractivity contribution in [2.45, 2.75) is 46.1 Å². The van der Waals surface area contributed by atoms with Gasteiger partial charge < -0.3 is 0 Å². The average molecular weight is 391 g/mol. The van der Waals surface area contributed by atoms with Gasteiger partial charge in [0.15, 0.2) is 0 Å². The molecule has 1 fully saturated rings. The van der Waals surface area contributed by atoms with E-state index in [0.717, 1.165) is 47.6 Å². The van der Waals surface area contributed by atoms with E-state index in [0.29, 0.717) is 18.0 Å². The van der Waals surface area contributed by atoms with Crippen molar-refractivity contribution < 1.29 is 8.42 Å². The molecule has 1 aromatic heterocycles. The third kappa shape index (κ3) is 3.81. The zero-order chi connectivity index (χ0) is 19.9. The number of aromatic nitrogens is 2. The highest BCUT2D eigenvalue weighted by Gasteiger charge is 2.31. The summed E-state index contributed by atoms with van der Waals surface area (Å²) in [5.74, 6) is 0. The van der Waals surface area contributed by atoms with Crippen LogP contribution in [0.5, 0.6) is 0 Å². The van der Waals surface area contributed by atoms with E-state index in [4.69, 9.17) is 0 Å². The average Bonchev–Trinajstić information content (AvgIpc) is 2.91. The Balaban J connectivity index is 1.77. The van der Waals surface area contributed by atoms with Crippen molar-refractivity contribution in [1.29, 1.82) is 0 Å². The van der Waals surface area contributed by atoms with Gasteiger partial charge in [-0.1, -0.05) is 6.07 Å². The van der Waals surface area contributed by atoms with Crippen LogP contribution in [0.15, 0.2) is 17.2 Å². The fourth-order valence-electron chi connectivity index (χ4n) is 3.87. The number of piperazine rings is 1. The lowest BCUT2D eigenvalue weighted by Gasteiger charge is -2.34. The molecule has 0 spiro atoms. The van der Waals surface area contributed by atoms with Gasteiger partial charge in [-0.15, -0.1) is 0 Å². The first-order chi connectivity index (χ1) is 12.6. The summed E-state index contributed by atoms with van der Waals surface area (Å²) in [5, 5.41) is 4.39. The molecule has 0 saturated carbocycles. The summed E-state index contributed by atoms with van der Waals surface area (Å²) < 4.78 is 30.2. The van der Waals surface area contributed by atoms with Gasteiger partial charge in [0.25, 0.3) is 0 Å². The van der Waals surface area contributed by atoms with E-state index >= 15 is 0 Å². The molecule has 148 valence electrons. The van der Waals surface area contributed by atoms with Gasteiger partial charge in [0.1, 0.15) is 0 Å². The number of sulfonamides is 1. The lowest BCUT2D eigenvalue weighted by molar-refractivity contribution is 0.181. The Kier molecular flexibility index (Phi) is 5.47. The predicted molar refractivity (Wildman–Crippen MR) is 107 cm³/mol. The minimum Gasteiger partial charge on any atom is -0.296 e. The maximum Gasteiger partial charge on any atom is 0.243 e. The zero-order valence-corrected chi connectivity index (χ0v) is 18.0. The zero-order valence-electron chi connectivity index (χ0n) is 17.2. The second kappa shape index (κ2) is 7.37. The molecule has 2 heterocycles. The number of hydrogen-bond acceptors (Lipinski definition) is 4. The number of hydrogen-bond donors (Lipinski definition) is 0. The second-order valence-electron chi connectivity index (χ2n) is 7.68. The molecule has 7 heteroatoms. The van der Waals surface area contributed by atoms with E-state index in [9.17, 15) is 8.42 Å². The number of benzene rings is 1. The molecule has 0 bridgehead atoms. The van der Waals surface area contributed by atoms with Crippen LogP contribution < -0.4 is 0 Å². The first-order valence-electron chi connectivity index (χ1n) is 9.40. The van der Waals surface area contributed by atoms with Crippen LogP contribution in [0.25, 0.3) is 0 Å². The van der Waals surface area contributed by atoms with Crippen molar-refractivity contribution in [3.63, 3.8) is 0 Å². The van der Waals surface area contributed by atoms with Crippen molar-refractivity contribution in [3.8, 4) is 0 Å². The lowest BCUT2D eigenvalue weighted by Crippen LogP contribution is -2.48. The second-order valence-corrected chi connectivity index (χ2v) is 9.56. The highest BCUT2D eigenvalue weighted by molar-refractivity contribution is 7.89. The standard InChI is InChI=1S/C20H30N4O2S/c1-14-11-15(2)17(4)20(16(14)3)27(25,26)24-9-7-23(8-10-24)13-19-12-22(6)21-18(19)5/h11-12H,7-10,13H2,1-6H3. The Labute approximate surface area is 162 Å². The van der Waals surface area contributed by atoms with Crippen LogP contribution in [-0.2, 0) is 23.6 Å². The van der Waals surface area contributed by atoms with E-state index in [1.54, 1.807) is 4.31 Å². The van der Waals surface area contributed by atoms with Crippen LogP contribution in [0, 0.1) is 34.6 Å². The Bertz CT molecular complexity index is 929. The van der Waals surface area contributed by atoms with Crippen molar-refractivity contribution in [2.75, 3.05) is 26.2 Å². The van der Waals surface area contributed by atoms with E-state index in [2.05, 4.69) is 16.1 Å². The molecule has 0 aliphatic carbocycles. The maximum absolute atomic E-state index is 13.3. The quantitative estimate of drug-likeness (QED) is 0.805. The number of nitrogens with zero attached hydrogens (tertiary/aromatic N) is 4. The SMILES string of the molecule is Cc1cc(C)c(C)c(S(=O)(=O)N2CCN(Cc3cn(C)nc3C)CC2)c1C. The molecular weight excluding hydrogens is 360 g/mol. The van der Waals surface area contributed by atoms with Crippen molar-refractivity contribution in [1.82, 2.24) is 19.0 Å². The summed E-state index contributed by atoms with van der Waals surface area (Å²) in [7, 11) is -1.55. The maximum atomic E-state index is 13.3. The Morgan fingerprint density at radius 3 is 2.00 bits per heavy atom. The summed E-state index contributed by atoms with van der Waals surface area (Å²) in [6.45, 7) is 13.1. The molecule has 0 unspecified atom stereocenters. The molecule has 2 aromatic rings. The van der Waals surface area contributed by atoms with Crippen LogP contribution in [0.2, 0.25) is 0 Å². The van der Waals surface area contributed by atoms with Gasteiger partial charge in [-0.2, -0.15) is 9.40 Å². The van der Waals surface area contributed by atoms with Crippen LogP contribution >= 0.6 is 0 Å². The van der Waals surface area contributed by atoms with E-state index in [1.807, 2.05) is 52.5 Å². The monoisotopic (exact) mass is 390 g/mol. The molecule has 0 N–H and O–H groups in total. The minimum absolute atomic E-state index is 0.497. The summed E-state index contributed by atoms with van der Waals surface area (Å²) >= 11 is 0. The predicted octanol–water partition coefficient (Wildman–Crippen LogP) is 2.47. The summed E-state index contributed by atoms with van der Waals surface area (Å²) in [4.78, 5) is 2.80. The highest BCUT2D eigenvalue weighted by Crippen LogP contribution is 2.29. The molecule has 0 radical (unpaired) electrons. The number of rotatable bonds is 4. The third-order valence-corrected chi connectivity index (χ3v) is 7.91. The minimum atomic E-state index is -3.48. The first kappa shape index (κ1) is 20.0. The highest BCUT2D eigenvalue weighted by atomic mass is 32.2. The molecule has 1 saturated heterocycles. The van der Waals surface area contributed by atoms with Crippen LogP contribution in [0.4, 0.5) is 0 Å². The summed E-state index contributed by atoms with van der Waals surface area (Å²) in [6, 6.07) is 2.07. The fraction of sp³-hybridized carbons (Fsp3) is 0.550. The topological polar surface area (TPSA) is 58.4 Å². The molecule has 6 nitrogen and oxygen atoms in total. The van der Waals surface area contributed by atoms with E-state index in [1.165, 1.54) is 5.56 Å². The molecule has 27 heavy (non-hydrogen) atoms. The fourth-order valence-corrected chi connectivity index (χ4v) is 5.87.